The molecular formula is C22H22FN3O5S. The van der Waals surface area contributed by atoms with Crippen LogP contribution in [0, 0.1) is 5.82 Å². The second-order valence-electron chi connectivity index (χ2n) is 6.70. The summed E-state index contributed by atoms with van der Waals surface area (Å²) >= 11 is 0. The van der Waals surface area contributed by atoms with E-state index in [0.29, 0.717) is 5.69 Å². The summed E-state index contributed by atoms with van der Waals surface area (Å²) < 4.78 is 46.0. The van der Waals surface area contributed by atoms with Gasteiger partial charge < -0.3 is 15.1 Å². The first-order chi connectivity index (χ1) is 15.3. The number of carbonyl (C=O) groups is 2. The molecule has 32 heavy (non-hydrogen) atoms. The van der Waals surface area contributed by atoms with Crippen molar-refractivity contribution >= 4 is 33.2 Å². The van der Waals surface area contributed by atoms with E-state index in [1.165, 1.54) is 22.7 Å². The Balaban J connectivity index is 1.81. The summed E-state index contributed by atoms with van der Waals surface area (Å²) in [5, 5.41) is 5.14. The van der Waals surface area contributed by atoms with Crippen molar-refractivity contribution < 1.29 is 26.8 Å². The van der Waals surface area contributed by atoms with Gasteiger partial charge in [-0.2, -0.15) is 4.31 Å². The fourth-order valence-corrected chi connectivity index (χ4v) is 4.51. The van der Waals surface area contributed by atoms with Crippen molar-refractivity contribution in [2.75, 3.05) is 23.7 Å². The van der Waals surface area contributed by atoms with E-state index < -0.39 is 33.2 Å². The summed E-state index contributed by atoms with van der Waals surface area (Å²) in [4.78, 5) is 24.6. The van der Waals surface area contributed by atoms with E-state index in [9.17, 15) is 22.4 Å². The number of hydrogen-bond acceptors (Lipinski definition) is 5. The van der Waals surface area contributed by atoms with Gasteiger partial charge in [-0.15, -0.1) is 0 Å². The van der Waals surface area contributed by atoms with Crippen molar-refractivity contribution in [3.05, 3.63) is 78.0 Å². The van der Waals surface area contributed by atoms with Crippen molar-refractivity contribution in [3.8, 4) is 0 Å². The van der Waals surface area contributed by atoms with Crippen LogP contribution in [0.2, 0.25) is 0 Å². The molecule has 2 aromatic carbocycles. The second-order valence-corrected chi connectivity index (χ2v) is 8.64. The minimum atomic E-state index is -3.86. The van der Waals surface area contributed by atoms with E-state index in [2.05, 4.69) is 10.6 Å². The van der Waals surface area contributed by atoms with Gasteiger partial charge in [0.2, 0.25) is 10.0 Å². The van der Waals surface area contributed by atoms with E-state index in [1.807, 2.05) is 0 Å². The molecule has 1 aromatic heterocycles. The quantitative estimate of drug-likeness (QED) is 0.530. The number of sulfonamides is 1. The van der Waals surface area contributed by atoms with Crippen molar-refractivity contribution in [2.24, 2.45) is 0 Å². The molecule has 0 atom stereocenters. The molecule has 0 aliphatic rings. The maximum Gasteiger partial charge on any atom is 0.291 e. The van der Waals surface area contributed by atoms with Crippen LogP contribution in [0.4, 0.5) is 15.8 Å². The summed E-state index contributed by atoms with van der Waals surface area (Å²) in [5.41, 5.74) is 0.245. The molecule has 0 aliphatic heterocycles. The lowest BCUT2D eigenvalue weighted by atomic mass is 10.2. The Hall–Kier alpha value is -3.50. The van der Waals surface area contributed by atoms with Crippen LogP contribution in [0.1, 0.15) is 34.8 Å². The van der Waals surface area contributed by atoms with E-state index in [0.717, 1.165) is 18.2 Å². The Labute approximate surface area is 185 Å². The summed E-state index contributed by atoms with van der Waals surface area (Å²) in [5.74, 6) is -2.04. The molecular weight excluding hydrogens is 437 g/mol. The molecule has 2 N–H and O–H groups in total. The molecule has 10 heteroatoms. The first kappa shape index (κ1) is 23.2. The van der Waals surface area contributed by atoms with Crippen LogP contribution in [0.25, 0.3) is 0 Å². The minimum Gasteiger partial charge on any atom is -0.459 e. The second kappa shape index (κ2) is 9.75. The topological polar surface area (TPSA) is 109 Å². The van der Waals surface area contributed by atoms with Crippen LogP contribution in [0.5, 0.6) is 0 Å². The molecule has 0 unspecified atom stereocenters. The fraction of sp³-hybridized carbons (Fsp3) is 0.182. The van der Waals surface area contributed by atoms with Gasteiger partial charge in [-0.1, -0.05) is 19.9 Å². The molecule has 0 aliphatic carbocycles. The van der Waals surface area contributed by atoms with E-state index in [4.69, 9.17) is 4.42 Å². The maximum atomic E-state index is 14.3. The highest BCUT2D eigenvalue weighted by Gasteiger charge is 2.24. The Bertz CT molecular complexity index is 1220. The highest BCUT2D eigenvalue weighted by atomic mass is 32.2. The molecule has 0 saturated heterocycles. The summed E-state index contributed by atoms with van der Waals surface area (Å²) in [7, 11) is -3.86. The SMILES string of the molecule is CCN(CC)S(=O)(=O)c1ccc(F)c(C(=O)Nc2cccc(NC(=O)c3ccco3)c2)c1. The third kappa shape index (κ3) is 5.04. The number of halogens is 1. The van der Waals surface area contributed by atoms with Crippen molar-refractivity contribution in [2.45, 2.75) is 18.7 Å². The van der Waals surface area contributed by atoms with Crippen LogP contribution >= 0.6 is 0 Å². The zero-order valence-electron chi connectivity index (χ0n) is 17.5. The predicted octanol–water partition coefficient (Wildman–Crippen LogP) is 3.95. The number of furan rings is 1. The number of hydrogen-bond donors (Lipinski definition) is 2. The normalized spacial score (nSPS) is 11.4. The Morgan fingerprint density at radius 3 is 2.19 bits per heavy atom. The number of nitrogens with zero attached hydrogens (tertiary/aromatic N) is 1. The third-order valence-electron chi connectivity index (χ3n) is 4.65. The number of carbonyl (C=O) groups excluding carboxylic acids is 2. The van der Waals surface area contributed by atoms with Crippen LogP contribution in [0.3, 0.4) is 0 Å². The van der Waals surface area contributed by atoms with Gasteiger partial charge in [0.15, 0.2) is 5.76 Å². The lowest BCUT2D eigenvalue weighted by molar-refractivity contribution is 0.0994. The highest BCUT2D eigenvalue weighted by molar-refractivity contribution is 7.89. The molecule has 0 spiro atoms. The van der Waals surface area contributed by atoms with Crippen LogP contribution in [-0.2, 0) is 10.0 Å². The number of benzene rings is 2. The maximum absolute atomic E-state index is 14.3. The zero-order valence-corrected chi connectivity index (χ0v) is 18.3. The molecule has 3 rings (SSSR count). The summed E-state index contributed by atoms with van der Waals surface area (Å²) in [6.07, 6.45) is 1.37. The number of anilines is 2. The van der Waals surface area contributed by atoms with Crippen molar-refractivity contribution in [1.29, 1.82) is 0 Å². The minimum absolute atomic E-state index is 0.118. The molecule has 0 fully saturated rings. The molecule has 1 heterocycles. The van der Waals surface area contributed by atoms with E-state index >= 15 is 0 Å². The monoisotopic (exact) mass is 459 g/mol. The number of amides is 2. The van der Waals surface area contributed by atoms with Gasteiger partial charge in [0, 0.05) is 24.5 Å². The lowest BCUT2D eigenvalue weighted by Crippen LogP contribution is -2.31. The number of nitrogens with one attached hydrogen (secondary N) is 2. The average Bonchev–Trinajstić information content (AvgIpc) is 3.30. The third-order valence-corrected chi connectivity index (χ3v) is 6.69. The molecule has 0 radical (unpaired) electrons. The smallest absolute Gasteiger partial charge is 0.291 e. The van der Waals surface area contributed by atoms with Gasteiger partial charge in [0.05, 0.1) is 16.7 Å². The summed E-state index contributed by atoms with van der Waals surface area (Å²) in [6, 6.07) is 12.4. The Morgan fingerprint density at radius 2 is 1.59 bits per heavy atom. The van der Waals surface area contributed by atoms with Gasteiger partial charge in [-0.05, 0) is 48.5 Å². The van der Waals surface area contributed by atoms with Crippen LogP contribution in [-0.4, -0.2) is 37.6 Å². The number of rotatable bonds is 8. The van der Waals surface area contributed by atoms with Crippen molar-refractivity contribution in [3.63, 3.8) is 0 Å². The van der Waals surface area contributed by atoms with Crippen LogP contribution in [0.15, 0.2) is 70.2 Å². The predicted molar refractivity (Wildman–Crippen MR) is 118 cm³/mol. The van der Waals surface area contributed by atoms with Gasteiger partial charge in [-0.3, -0.25) is 9.59 Å². The Kier molecular flexibility index (Phi) is 7.06. The average molecular weight is 459 g/mol. The van der Waals surface area contributed by atoms with Crippen molar-refractivity contribution in [1.82, 2.24) is 4.31 Å². The van der Waals surface area contributed by atoms with Crippen LogP contribution < -0.4 is 10.6 Å². The molecule has 8 nitrogen and oxygen atoms in total. The van der Waals surface area contributed by atoms with Gasteiger partial charge in [0.25, 0.3) is 11.8 Å². The zero-order chi connectivity index (χ0) is 23.3. The van der Waals surface area contributed by atoms with Gasteiger partial charge in [0.1, 0.15) is 5.82 Å². The van der Waals surface area contributed by atoms with Gasteiger partial charge in [-0.25, -0.2) is 12.8 Å². The first-order valence-corrected chi connectivity index (χ1v) is 11.3. The molecule has 0 bridgehead atoms. The molecule has 2 amide bonds. The van der Waals surface area contributed by atoms with E-state index in [-0.39, 0.29) is 29.4 Å². The largest absolute Gasteiger partial charge is 0.459 e. The van der Waals surface area contributed by atoms with E-state index in [1.54, 1.807) is 38.1 Å². The molecule has 3 aromatic rings. The fourth-order valence-electron chi connectivity index (χ4n) is 3.03. The first-order valence-electron chi connectivity index (χ1n) is 9.82. The highest BCUT2D eigenvalue weighted by Crippen LogP contribution is 2.22. The van der Waals surface area contributed by atoms with Gasteiger partial charge >= 0.3 is 0 Å². The summed E-state index contributed by atoms with van der Waals surface area (Å²) in [6.45, 7) is 3.87. The standard InChI is InChI=1S/C22H22FN3O5S/c1-3-26(4-2)32(29,30)17-10-11-19(23)18(14-17)21(27)24-15-7-5-8-16(13-15)25-22(28)20-9-6-12-31-20/h5-14H,3-4H2,1-2H3,(H,24,27)(H,25,28). The Morgan fingerprint density at radius 1 is 0.938 bits per heavy atom. The molecule has 0 saturated carbocycles. The lowest BCUT2D eigenvalue weighted by Gasteiger charge is -2.19. The molecule has 168 valence electrons.